The minimum absolute atomic E-state index is 0.0792. The van der Waals surface area contributed by atoms with Crippen LogP contribution in [0, 0.1) is 0 Å². The predicted octanol–water partition coefficient (Wildman–Crippen LogP) is 5.36. The summed E-state index contributed by atoms with van der Waals surface area (Å²) in [4.78, 5) is 2.52. The van der Waals surface area contributed by atoms with Crippen LogP contribution in [-0.4, -0.2) is 43.0 Å². The second-order valence-electron chi connectivity index (χ2n) is 7.38. The fourth-order valence-electron chi connectivity index (χ4n) is 2.54. The molecule has 1 rings (SSSR count). The molecule has 0 spiro atoms. The summed E-state index contributed by atoms with van der Waals surface area (Å²) in [6, 6.07) is 9.75. The standard InChI is InChI=1S/C19H34NO2PS2Se/c1-14(2)20(15(3)4)13-18-11-9-10-12-19(18)26-25-23(24,21-16(5)6)22-17(7)8/h9-12,14-17H,13H2,1-8H3. The number of hydrogen-bond donors (Lipinski definition) is 0. The Morgan fingerprint density at radius 2 is 1.46 bits per heavy atom. The normalized spacial score (nSPS) is 13.0. The van der Waals surface area contributed by atoms with E-state index in [9.17, 15) is 0 Å². The first-order chi connectivity index (χ1) is 12.0. The second kappa shape index (κ2) is 11.6. The summed E-state index contributed by atoms with van der Waals surface area (Å²) in [7, 11) is 1.72. The van der Waals surface area contributed by atoms with Gasteiger partial charge in [0.05, 0.1) is 0 Å². The molecule has 0 unspecified atom stereocenters. The van der Waals surface area contributed by atoms with Gasteiger partial charge in [-0.1, -0.05) is 0 Å². The Balaban J connectivity index is 2.94. The Labute approximate surface area is 175 Å². The first-order valence-electron chi connectivity index (χ1n) is 9.20. The zero-order valence-electron chi connectivity index (χ0n) is 17.3. The third kappa shape index (κ3) is 8.75. The van der Waals surface area contributed by atoms with Gasteiger partial charge in [0, 0.05) is 0 Å². The Bertz CT molecular complexity index is 575. The van der Waals surface area contributed by atoms with Crippen molar-refractivity contribution in [3.63, 3.8) is 0 Å². The first kappa shape index (κ1) is 24.7. The molecule has 0 amide bonds. The molecule has 0 N–H and O–H groups in total. The number of hydrogen-bond acceptors (Lipinski definition) is 5. The molecular formula is C19H34NO2PS2Se. The molecular weight excluding hydrogens is 448 g/mol. The molecule has 150 valence electrons. The molecule has 0 saturated heterocycles. The molecule has 7 heteroatoms. The van der Waals surface area contributed by atoms with Crippen molar-refractivity contribution in [3.8, 4) is 0 Å². The third-order valence-electron chi connectivity index (χ3n) is 3.55. The van der Waals surface area contributed by atoms with E-state index >= 15 is 0 Å². The Kier molecular flexibility index (Phi) is 11.0. The van der Waals surface area contributed by atoms with Gasteiger partial charge >= 0.3 is 176 Å². The molecule has 0 aliphatic rings. The number of benzene rings is 1. The van der Waals surface area contributed by atoms with E-state index in [1.807, 2.05) is 27.7 Å². The van der Waals surface area contributed by atoms with Crippen LogP contribution in [0.15, 0.2) is 24.3 Å². The molecule has 1 aromatic rings. The van der Waals surface area contributed by atoms with Crippen LogP contribution in [0.1, 0.15) is 61.0 Å². The topological polar surface area (TPSA) is 21.7 Å². The van der Waals surface area contributed by atoms with E-state index in [4.69, 9.17) is 20.9 Å². The zero-order chi connectivity index (χ0) is 19.9. The molecule has 0 aliphatic carbocycles. The van der Waals surface area contributed by atoms with Crippen LogP contribution in [0.25, 0.3) is 0 Å². The van der Waals surface area contributed by atoms with Crippen molar-refractivity contribution >= 4 is 45.6 Å². The molecule has 0 bridgehead atoms. The summed E-state index contributed by atoms with van der Waals surface area (Å²) in [6.45, 7) is 18.1. The van der Waals surface area contributed by atoms with Gasteiger partial charge in [-0.2, -0.15) is 0 Å². The fourth-order valence-corrected chi connectivity index (χ4v) is 14.3. The number of nitrogens with zero attached hydrogens (tertiary/aromatic N) is 1. The molecule has 1 aromatic carbocycles. The van der Waals surface area contributed by atoms with Gasteiger partial charge in [-0.05, 0) is 0 Å². The molecule has 26 heavy (non-hydrogen) atoms. The Morgan fingerprint density at radius 3 is 1.92 bits per heavy atom. The van der Waals surface area contributed by atoms with Crippen molar-refractivity contribution in [1.29, 1.82) is 0 Å². The Morgan fingerprint density at radius 1 is 0.962 bits per heavy atom. The van der Waals surface area contributed by atoms with Gasteiger partial charge in [-0.25, -0.2) is 0 Å². The molecule has 0 heterocycles. The van der Waals surface area contributed by atoms with E-state index in [0.29, 0.717) is 12.1 Å². The summed E-state index contributed by atoms with van der Waals surface area (Å²) in [5.41, 5.74) is -0.938. The average molecular weight is 483 g/mol. The maximum absolute atomic E-state index is 6.04. The van der Waals surface area contributed by atoms with E-state index in [-0.39, 0.29) is 26.0 Å². The molecule has 3 nitrogen and oxygen atoms in total. The van der Waals surface area contributed by atoms with E-state index in [1.165, 1.54) is 10.0 Å². The molecule has 0 radical (unpaired) electrons. The van der Waals surface area contributed by atoms with Crippen LogP contribution >= 0.6 is 15.5 Å². The van der Waals surface area contributed by atoms with Gasteiger partial charge in [-0.3, -0.25) is 0 Å². The van der Waals surface area contributed by atoms with Crippen LogP contribution in [0.3, 0.4) is 0 Å². The van der Waals surface area contributed by atoms with Gasteiger partial charge in [0.15, 0.2) is 0 Å². The predicted molar refractivity (Wildman–Crippen MR) is 122 cm³/mol. The Hall–Kier alpha value is 0.619. The van der Waals surface area contributed by atoms with E-state index in [1.54, 1.807) is 9.80 Å². The summed E-state index contributed by atoms with van der Waals surface area (Å²) in [5, 5.41) is 0. The van der Waals surface area contributed by atoms with E-state index in [2.05, 4.69) is 56.9 Å². The first-order valence-corrected chi connectivity index (χ1v) is 16.1. The van der Waals surface area contributed by atoms with Crippen LogP contribution in [0.4, 0.5) is 0 Å². The summed E-state index contributed by atoms with van der Waals surface area (Å²) < 4.78 is 13.5. The fraction of sp³-hybridized carbons (Fsp3) is 0.684. The molecule has 0 saturated carbocycles. The van der Waals surface area contributed by atoms with Crippen molar-refractivity contribution in [2.75, 3.05) is 0 Å². The van der Waals surface area contributed by atoms with Crippen LogP contribution in [0.2, 0.25) is 0 Å². The zero-order valence-corrected chi connectivity index (χ0v) is 21.5. The summed E-state index contributed by atoms with van der Waals surface area (Å²) in [6.07, 6.45) is 0.158. The quantitative estimate of drug-likeness (QED) is 0.312. The summed E-state index contributed by atoms with van der Waals surface area (Å²) in [5.74, 6) is 0. The summed E-state index contributed by atoms with van der Waals surface area (Å²) >= 11 is 5.96. The van der Waals surface area contributed by atoms with E-state index in [0.717, 1.165) is 6.54 Å². The monoisotopic (exact) mass is 483 g/mol. The van der Waals surface area contributed by atoms with Crippen molar-refractivity contribution in [3.05, 3.63) is 29.8 Å². The van der Waals surface area contributed by atoms with Gasteiger partial charge < -0.3 is 0 Å². The van der Waals surface area contributed by atoms with Crippen molar-refractivity contribution in [2.45, 2.75) is 86.2 Å². The third-order valence-corrected chi connectivity index (χ3v) is 16.8. The van der Waals surface area contributed by atoms with Gasteiger partial charge in [0.25, 0.3) is 0 Å². The maximum atomic E-state index is 6.04. The second-order valence-corrected chi connectivity index (χ2v) is 17.8. The molecule has 0 aromatic heterocycles. The SMILES string of the molecule is CC(C)OP(=S)(OC(C)C)S[Se]c1ccccc1CN(C(C)C)C(C)C. The van der Waals surface area contributed by atoms with Gasteiger partial charge in [0.2, 0.25) is 0 Å². The number of rotatable bonds is 11. The van der Waals surface area contributed by atoms with Crippen LogP contribution in [0.5, 0.6) is 0 Å². The van der Waals surface area contributed by atoms with Crippen molar-refractivity contribution in [1.82, 2.24) is 4.90 Å². The van der Waals surface area contributed by atoms with E-state index < -0.39 is 5.69 Å². The van der Waals surface area contributed by atoms with Crippen molar-refractivity contribution < 1.29 is 9.05 Å². The molecule has 0 atom stereocenters. The average Bonchev–Trinajstić information content (AvgIpc) is 2.49. The molecule has 0 aliphatic heterocycles. The van der Waals surface area contributed by atoms with Gasteiger partial charge in [0.1, 0.15) is 0 Å². The van der Waals surface area contributed by atoms with Crippen LogP contribution < -0.4 is 4.46 Å². The van der Waals surface area contributed by atoms with Crippen LogP contribution in [-0.2, 0) is 27.4 Å². The molecule has 0 fully saturated rings. The minimum atomic E-state index is -2.33. The van der Waals surface area contributed by atoms with Gasteiger partial charge in [-0.15, -0.1) is 0 Å². The van der Waals surface area contributed by atoms with Crippen molar-refractivity contribution in [2.24, 2.45) is 0 Å².